The highest BCUT2D eigenvalue weighted by molar-refractivity contribution is 7.09. The molecule has 88 valence electrons. The van der Waals surface area contributed by atoms with Crippen molar-refractivity contribution in [2.75, 3.05) is 18.4 Å². The molecule has 1 aliphatic heterocycles. The van der Waals surface area contributed by atoms with Gasteiger partial charge in [0.2, 0.25) is 5.13 Å². The van der Waals surface area contributed by atoms with Crippen molar-refractivity contribution in [3.63, 3.8) is 0 Å². The minimum Gasteiger partial charge on any atom is -0.355 e. The standard InChI is InChI=1S/C11H18N4S/c1-11(4-6-12-7-5-11)14-10-13-9(15-16-10)8-2-3-8/h8,12H,2-7H2,1H3,(H,13,14,15). The van der Waals surface area contributed by atoms with E-state index in [0.29, 0.717) is 5.92 Å². The van der Waals surface area contributed by atoms with Crippen LogP contribution in [0.1, 0.15) is 44.3 Å². The van der Waals surface area contributed by atoms with Crippen LogP contribution in [-0.4, -0.2) is 28.0 Å². The average Bonchev–Trinajstić information content (AvgIpc) is 3.02. The maximum atomic E-state index is 4.59. The highest BCUT2D eigenvalue weighted by Gasteiger charge is 2.30. The molecule has 5 heteroatoms. The molecule has 1 saturated heterocycles. The number of nitrogens with one attached hydrogen (secondary N) is 2. The topological polar surface area (TPSA) is 49.8 Å². The zero-order valence-electron chi connectivity index (χ0n) is 9.62. The summed E-state index contributed by atoms with van der Waals surface area (Å²) in [5, 5.41) is 7.96. The van der Waals surface area contributed by atoms with Crippen molar-refractivity contribution in [2.45, 2.75) is 44.1 Å². The van der Waals surface area contributed by atoms with Gasteiger partial charge in [-0.2, -0.15) is 4.37 Å². The van der Waals surface area contributed by atoms with Gasteiger partial charge in [0, 0.05) is 23.0 Å². The quantitative estimate of drug-likeness (QED) is 0.845. The van der Waals surface area contributed by atoms with Crippen LogP contribution in [-0.2, 0) is 0 Å². The van der Waals surface area contributed by atoms with E-state index in [-0.39, 0.29) is 5.54 Å². The molecule has 0 radical (unpaired) electrons. The van der Waals surface area contributed by atoms with Gasteiger partial charge in [-0.25, -0.2) is 4.98 Å². The number of rotatable bonds is 3. The highest BCUT2D eigenvalue weighted by atomic mass is 32.1. The van der Waals surface area contributed by atoms with Gasteiger partial charge in [0.1, 0.15) is 5.82 Å². The van der Waals surface area contributed by atoms with Crippen molar-refractivity contribution < 1.29 is 0 Å². The molecule has 1 aromatic rings. The summed E-state index contributed by atoms with van der Waals surface area (Å²) in [6.45, 7) is 4.47. The van der Waals surface area contributed by atoms with Gasteiger partial charge in [-0.3, -0.25) is 0 Å². The maximum absolute atomic E-state index is 4.59. The van der Waals surface area contributed by atoms with Crippen LogP contribution in [0.5, 0.6) is 0 Å². The van der Waals surface area contributed by atoms with Gasteiger partial charge < -0.3 is 10.6 Å². The summed E-state index contributed by atoms with van der Waals surface area (Å²) in [7, 11) is 0. The van der Waals surface area contributed by atoms with E-state index in [0.717, 1.165) is 36.9 Å². The molecule has 3 rings (SSSR count). The Bertz CT molecular complexity index is 366. The molecule has 2 aliphatic rings. The smallest absolute Gasteiger partial charge is 0.203 e. The minimum absolute atomic E-state index is 0.200. The number of hydrogen-bond acceptors (Lipinski definition) is 5. The zero-order chi connectivity index (χ0) is 11.0. The molecule has 0 bridgehead atoms. The second-order valence-corrected chi connectivity index (χ2v) is 5.92. The van der Waals surface area contributed by atoms with Crippen LogP contribution in [0.15, 0.2) is 0 Å². The highest BCUT2D eigenvalue weighted by Crippen LogP contribution is 2.39. The van der Waals surface area contributed by atoms with Gasteiger partial charge in [-0.15, -0.1) is 0 Å². The Morgan fingerprint density at radius 1 is 1.38 bits per heavy atom. The van der Waals surface area contributed by atoms with Gasteiger partial charge in [0.05, 0.1) is 0 Å². The van der Waals surface area contributed by atoms with Gasteiger partial charge in [-0.05, 0) is 45.7 Å². The Labute approximate surface area is 100 Å². The van der Waals surface area contributed by atoms with Crippen molar-refractivity contribution >= 4 is 16.7 Å². The number of hydrogen-bond donors (Lipinski definition) is 2. The fourth-order valence-electron chi connectivity index (χ4n) is 2.15. The van der Waals surface area contributed by atoms with Crippen molar-refractivity contribution in [2.24, 2.45) is 0 Å². The molecule has 1 saturated carbocycles. The van der Waals surface area contributed by atoms with Gasteiger partial charge >= 0.3 is 0 Å². The van der Waals surface area contributed by atoms with Gasteiger partial charge in [0.25, 0.3) is 0 Å². The van der Waals surface area contributed by atoms with Crippen molar-refractivity contribution in [3.05, 3.63) is 5.82 Å². The van der Waals surface area contributed by atoms with E-state index in [9.17, 15) is 0 Å². The van der Waals surface area contributed by atoms with Crippen molar-refractivity contribution in [1.29, 1.82) is 0 Å². The second kappa shape index (κ2) is 3.96. The summed E-state index contributed by atoms with van der Waals surface area (Å²) >= 11 is 1.52. The molecule has 4 nitrogen and oxygen atoms in total. The second-order valence-electron chi connectivity index (χ2n) is 5.17. The van der Waals surface area contributed by atoms with E-state index in [4.69, 9.17) is 0 Å². The fraction of sp³-hybridized carbons (Fsp3) is 0.818. The Morgan fingerprint density at radius 2 is 2.12 bits per heavy atom. The summed E-state index contributed by atoms with van der Waals surface area (Å²) in [6, 6.07) is 0. The largest absolute Gasteiger partial charge is 0.355 e. The van der Waals surface area contributed by atoms with E-state index in [1.807, 2.05) is 0 Å². The maximum Gasteiger partial charge on any atom is 0.203 e. The van der Waals surface area contributed by atoms with E-state index >= 15 is 0 Å². The lowest BCUT2D eigenvalue weighted by Gasteiger charge is -2.34. The Morgan fingerprint density at radius 3 is 2.81 bits per heavy atom. The number of anilines is 1. The Balaban J connectivity index is 1.67. The van der Waals surface area contributed by atoms with Crippen LogP contribution in [0, 0.1) is 0 Å². The van der Waals surface area contributed by atoms with Crippen LogP contribution in [0.25, 0.3) is 0 Å². The molecule has 2 N–H and O–H groups in total. The summed E-state index contributed by atoms with van der Waals surface area (Å²) in [5.41, 5.74) is 0.200. The van der Waals surface area contributed by atoms with Crippen LogP contribution in [0.3, 0.4) is 0 Å². The van der Waals surface area contributed by atoms with Gasteiger partial charge in [-0.1, -0.05) is 0 Å². The molecule has 1 aliphatic carbocycles. The fourth-order valence-corrected chi connectivity index (χ4v) is 2.95. The SMILES string of the molecule is CC1(Nc2nc(C3CC3)ns2)CCNCC1. The number of aromatic nitrogens is 2. The predicted octanol–water partition coefficient (Wildman–Crippen LogP) is 1.97. The van der Waals surface area contributed by atoms with Crippen LogP contribution >= 0.6 is 11.5 Å². The van der Waals surface area contributed by atoms with E-state index < -0.39 is 0 Å². The Kier molecular flexibility index (Phi) is 2.59. The monoisotopic (exact) mass is 238 g/mol. The van der Waals surface area contributed by atoms with Crippen molar-refractivity contribution in [3.8, 4) is 0 Å². The summed E-state index contributed by atoms with van der Waals surface area (Å²) < 4.78 is 4.43. The molecule has 2 fully saturated rings. The average molecular weight is 238 g/mol. The molecule has 0 unspecified atom stereocenters. The third-order valence-electron chi connectivity index (χ3n) is 3.50. The summed E-state index contributed by atoms with van der Waals surface area (Å²) in [6.07, 6.45) is 4.87. The molecule has 0 aromatic carbocycles. The summed E-state index contributed by atoms with van der Waals surface area (Å²) in [5.74, 6) is 1.72. The first kappa shape index (κ1) is 10.5. The first-order valence-corrected chi connectivity index (χ1v) is 6.85. The van der Waals surface area contributed by atoms with E-state index in [1.165, 1.54) is 24.4 Å². The van der Waals surface area contributed by atoms with Crippen molar-refractivity contribution in [1.82, 2.24) is 14.7 Å². The molecule has 1 aromatic heterocycles. The number of nitrogens with zero attached hydrogens (tertiary/aromatic N) is 2. The first-order chi connectivity index (χ1) is 7.75. The molecular weight excluding hydrogens is 220 g/mol. The van der Waals surface area contributed by atoms with Crippen LogP contribution in [0.4, 0.5) is 5.13 Å². The van der Waals surface area contributed by atoms with E-state index in [1.54, 1.807) is 0 Å². The predicted molar refractivity (Wildman–Crippen MR) is 66.0 cm³/mol. The molecule has 0 spiro atoms. The molecular formula is C11H18N4S. The Hall–Kier alpha value is -0.680. The zero-order valence-corrected chi connectivity index (χ0v) is 10.4. The molecule has 16 heavy (non-hydrogen) atoms. The summed E-state index contributed by atoms with van der Waals surface area (Å²) in [4.78, 5) is 4.59. The number of piperidine rings is 1. The lowest BCUT2D eigenvalue weighted by Crippen LogP contribution is -2.45. The molecule has 2 heterocycles. The normalized spacial score (nSPS) is 24.3. The first-order valence-electron chi connectivity index (χ1n) is 6.08. The van der Waals surface area contributed by atoms with Gasteiger partial charge in [0.15, 0.2) is 0 Å². The molecule has 0 amide bonds. The lowest BCUT2D eigenvalue weighted by molar-refractivity contribution is 0.365. The third kappa shape index (κ3) is 2.20. The van der Waals surface area contributed by atoms with E-state index in [2.05, 4.69) is 26.9 Å². The molecule has 0 atom stereocenters. The third-order valence-corrected chi connectivity index (χ3v) is 4.14. The lowest BCUT2D eigenvalue weighted by atomic mass is 9.91. The minimum atomic E-state index is 0.200. The van der Waals surface area contributed by atoms with Crippen LogP contribution in [0.2, 0.25) is 0 Å². The van der Waals surface area contributed by atoms with Crippen LogP contribution < -0.4 is 10.6 Å².